The van der Waals surface area contributed by atoms with Gasteiger partial charge in [0.05, 0.1) is 0 Å². The number of hydrogen-bond acceptors (Lipinski definition) is 3. The van der Waals surface area contributed by atoms with Gasteiger partial charge >= 0.3 is 0 Å². The van der Waals surface area contributed by atoms with Gasteiger partial charge in [-0.25, -0.2) is 0 Å². The molecule has 1 atom stereocenters. The minimum absolute atomic E-state index is 0.0146. The van der Waals surface area contributed by atoms with Crippen LogP contribution in [0.2, 0.25) is 0 Å². The molecular formula is C19H24N4O2. The van der Waals surface area contributed by atoms with Crippen molar-refractivity contribution in [2.75, 3.05) is 32.7 Å². The molecule has 6 nitrogen and oxygen atoms in total. The number of fused-ring (bicyclic) bond motifs is 1. The molecule has 2 saturated heterocycles. The predicted octanol–water partition coefficient (Wildman–Crippen LogP) is 1.59. The molecule has 25 heavy (non-hydrogen) atoms. The Kier molecular flexibility index (Phi) is 4.44. The van der Waals surface area contributed by atoms with Crippen molar-refractivity contribution in [3.63, 3.8) is 0 Å². The first-order valence-corrected chi connectivity index (χ1v) is 9.09. The number of hydrogen-bond donors (Lipinski definition) is 2. The molecule has 2 aromatic rings. The van der Waals surface area contributed by atoms with E-state index in [-0.39, 0.29) is 11.8 Å². The average Bonchev–Trinajstić information content (AvgIpc) is 3.30. The number of rotatable bonds is 3. The van der Waals surface area contributed by atoms with Crippen LogP contribution in [0.3, 0.4) is 0 Å². The second-order valence-electron chi connectivity index (χ2n) is 6.94. The molecular weight excluding hydrogens is 316 g/mol. The highest BCUT2D eigenvalue weighted by molar-refractivity contribution is 5.98. The summed E-state index contributed by atoms with van der Waals surface area (Å²) in [6.07, 6.45) is 2.82. The molecule has 0 spiro atoms. The minimum atomic E-state index is 0.0146. The van der Waals surface area contributed by atoms with Crippen molar-refractivity contribution in [3.8, 4) is 0 Å². The van der Waals surface area contributed by atoms with Crippen molar-refractivity contribution in [1.29, 1.82) is 0 Å². The van der Waals surface area contributed by atoms with Crippen LogP contribution in [-0.2, 0) is 4.79 Å². The van der Waals surface area contributed by atoms with Crippen molar-refractivity contribution < 1.29 is 9.59 Å². The molecule has 0 radical (unpaired) electrons. The normalized spacial score (nSPS) is 21.0. The zero-order chi connectivity index (χ0) is 17.2. The molecule has 2 fully saturated rings. The first-order chi connectivity index (χ1) is 12.2. The number of carbonyl (C=O) groups is 2. The predicted molar refractivity (Wildman–Crippen MR) is 96.4 cm³/mol. The maximum absolute atomic E-state index is 12.7. The zero-order valence-electron chi connectivity index (χ0n) is 14.3. The van der Waals surface area contributed by atoms with Gasteiger partial charge < -0.3 is 20.1 Å². The van der Waals surface area contributed by atoms with Gasteiger partial charge in [-0.3, -0.25) is 9.59 Å². The van der Waals surface area contributed by atoms with E-state index in [1.165, 1.54) is 0 Å². The Hall–Kier alpha value is -2.34. The van der Waals surface area contributed by atoms with E-state index in [1.807, 2.05) is 40.1 Å². The van der Waals surface area contributed by atoms with Gasteiger partial charge in [0.2, 0.25) is 5.91 Å². The van der Waals surface area contributed by atoms with E-state index in [2.05, 4.69) is 10.3 Å². The average molecular weight is 340 g/mol. The lowest BCUT2D eigenvalue weighted by molar-refractivity contribution is -0.133. The number of piperazine rings is 1. The smallest absolute Gasteiger partial charge is 0.270 e. The molecule has 0 bridgehead atoms. The molecule has 132 valence electrons. The molecule has 4 rings (SSSR count). The van der Waals surface area contributed by atoms with Gasteiger partial charge in [0.25, 0.3) is 5.91 Å². The Morgan fingerprint density at radius 2 is 1.84 bits per heavy atom. The molecule has 2 amide bonds. The summed E-state index contributed by atoms with van der Waals surface area (Å²) in [6, 6.07) is 10.1. The Morgan fingerprint density at radius 1 is 1.08 bits per heavy atom. The maximum Gasteiger partial charge on any atom is 0.270 e. The molecule has 2 aliphatic rings. The standard InChI is InChI=1S/C19H24N4O2/c24-18(13-15-5-3-7-20-15)22-8-10-23(11-9-22)19(25)17-12-14-4-1-2-6-16(14)21-17/h1-2,4,6,12,15,20-21H,3,5,7-11,13H2. The minimum Gasteiger partial charge on any atom is -0.351 e. The summed E-state index contributed by atoms with van der Waals surface area (Å²) in [5, 5.41) is 4.42. The highest BCUT2D eigenvalue weighted by atomic mass is 16.2. The number of amides is 2. The van der Waals surface area contributed by atoms with Gasteiger partial charge in [0.15, 0.2) is 0 Å². The fourth-order valence-electron chi connectivity index (χ4n) is 3.79. The molecule has 1 aromatic carbocycles. The summed E-state index contributed by atoms with van der Waals surface area (Å²) in [6.45, 7) is 3.45. The van der Waals surface area contributed by atoms with Crippen LogP contribution in [-0.4, -0.2) is 65.4 Å². The third-order valence-electron chi connectivity index (χ3n) is 5.26. The summed E-state index contributed by atoms with van der Waals surface area (Å²) in [4.78, 5) is 32.0. The molecule has 1 aromatic heterocycles. The maximum atomic E-state index is 12.7. The van der Waals surface area contributed by atoms with Crippen LogP contribution < -0.4 is 5.32 Å². The van der Waals surface area contributed by atoms with E-state index in [0.717, 1.165) is 30.3 Å². The van der Waals surface area contributed by atoms with Crippen molar-refractivity contribution in [3.05, 3.63) is 36.0 Å². The lowest BCUT2D eigenvalue weighted by Crippen LogP contribution is -2.51. The highest BCUT2D eigenvalue weighted by Crippen LogP contribution is 2.17. The summed E-state index contributed by atoms with van der Waals surface area (Å²) in [7, 11) is 0. The molecule has 3 heterocycles. The molecule has 2 aliphatic heterocycles. The largest absolute Gasteiger partial charge is 0.351 e. The van der Waals surface area contributed by atoms with E-state index >= 15 is 0 Å². The third kappa shape index (κ3) is 3.39. The third-order valence-corrected chi connectivity index (χ3v) is 5.26. The summed E-state index contributed by atoms with van der Waals surface area (Å²) in [5.41, 5.74) is 1.60. The van der Waals surface area contributed by atoms with Gasteiger partial charge in [-0.2, -0.15) is 0 Å². The van der Waals surface area contributed by atoms with Crippen LogP contribution in [0.1, 0.15) is 29.8 Å². The van der Waals surface area contributed by atoms with Crippen LogP contribution in [0.5, 0.6) is 0 Å². The number of carbonyl (C=O) groups excluding carboxylic acids is 2. The van der Waals surface area contributed by atoms with Crippen molar-refractivity contribution in [2.45, 2.75) is 25.3 Å². The molecule has 2 N–H and O–H groups in total. The lowest BCUT2D eigenvalue weighted by atomic mass is 10.1. The second kappa shape index (κ2) is 6.88. The van der Waals surface area contributed by atoms with Crippen LogP contribution >= 0.6 is 0 Å². The van der Waals surface area contributed by atoms with Gasteiger partial charge in [0, 0.05) is 49.5 Å². The molecule has 0 aliphatic carbocycles. The Bertz CT molecular complexity index is 738. The van der Waals surface area contributed by atoms with Gasteiger partial charge in [-0.15, -0.1) is 0 Å². The Balaban J connectivity index is 1.34. The van der Waals surface area contributed by atoms with E-state index < -0.39 is 0 Å². The summed E-state index contributed by atoms with van der Waals surface area (Å²) >= 11 is 0. The van der Waals surface area contributed by atoms with E-state index in [0.29, 0.717) is 44.3 Å². The van der Waals surface area contributed by atoms with Gasteiger partial charge in [-0.05, 0) is 31.5 Å². The van der Waals surface area contributed by atoms with E-state index in [9.17, 15) is 9.59 Å². The first kappa shape index (κ1) is 16.1. The quantitative estimate of drug-likeness (QED) is 0.892. The highest BCUT2D eigenvalue weighted by Gasteiger charge is 2.27. The monoisotopic (exact) mass is 340 g/mol. The van der Waals surface area contributed by atoms with E-state index in [1.54, 1.807) is 0 Å². The van der Waals surface area contributed by atoms with Crippen molar-refractivity contribution in [2.24, 2.45) is 0 Å². The molecule has 1 unspecified atom stereocenters. The van der Waals surface area contributed by atoms with Crippen LogP contribution in [0.15, 0.2) is 30.3 Å². The number of aromatic amines is 1. The number of H-pyrrole nitrogens is 1. The summed E-state index contributed by atoms with van der Waals surface area (Å²) in [5.74, 6) is 0.220. The van der Waals surface area contributed by atoms with Crippen LogP contribution in [0.25, 0.3) is 10.9 Å². The number of benzene rings is 1. The van der Waals surface area contributed by atoms with Gasteiger partial charge in [0.1, 0.15) is 5.69 Å². The topological polar surface area (TPSA) is 68.4 Å². The van der Waals surface area contributed by atoms with E-state index in [4.69, 9.17) is 0 Å². The number of aromatic nitrogens is 1. The lowest BCUT2D eigenvalue weighted by Gasteiger charge is -2.35. The van der Waals surface area contributed by atoms with Crippen LogP contribution in [0.4, 0.5) is 0 Å². The fourth-order valence-corrected chi connectivity index (χ4v) is 3.79. The molecule has 0 saturated carbocycles. The Morgan fingerprint density at radius 3 is 2.56 bits per heavy atom. The van der Waals surface area contributed by atoms with Crippen LogP contribution in [0, 0.1) is 0 Å². The fraction of sp³-hybridized carbons (Fsp3) is 0.474. The summed E-state index contributed by atoms with van der Waals surface area (Å²) < 4.78 is 0. The number of nitrogens with one attached hydrogen (secondary N) is 2. The van der Waals surface area contributed by atoms with Gasteiger partial charge in [-0.1, -0.05) is 18.2 Å². The van der Waals surface area contributed by atoms with Crippen molar-refractivity contribution in [1.82, 2.24) is 20.1 Å². The SMILES string of the molecule is O=C(CC1CCCN1)N1CCN(C(=O)c2cc3ccccc3[nH]2)CC1. The zero-order valence-corrected chi connectivity index (χ0v) is 14.3. The first-order valence-electron chi connectivity index (χ1n) is 9.09. The Labute approximate surface area is 147 Å². The second-order valence-corrected chi connectivity index (χ2v) is 6.94. The molecule has 6 heteroatoms. The number of nitrogens with zero attached hydrogens (tertiary/aromatic N) is 2. The van der Waals surface area contributed by atoms with Crippen molar-refractivity contribution >= 4 is 22.7 Å². The number of para-hydroxylation sites is 1.